The lowest BCUT2D eigenvalue weighted by atomic mass is 10.2. The molecule has 0 bridgehead atoms. The predicted octanol–water partition coefficient (Wildman–Crippen LogP) is 0.986. The van der Waals surface area contributed by atoms with E-state index >= 15 is 0 Å². The summed E-state index contributed by atoms with van der Waals surface area (Å²) in [5.41, 5.74) is 0. The Labute approximate surface area is 83.3 Å². The molecule has 1 heterocycles. The Hall–Kier alpha value is -0.870. The molecule has 4 heteroatoms. The Morgan fingerprint density at radius 3 is 3.07 bits per heavy atom. The number of aromatic nitrogens is 1. The van der Waals surface area contributed by atoms with E-state index < -0.39 is 0 Å². The molecule has 1 aromatic rings. The van der Waals surface area contributed by atoms with E-state index in [0.717, 1.165) is 25.0 Å². The molecule has 78 valence electrons. The highest BCUT2D eigenvalue weighted by Crippen LogP contribution is 2.19. The quantitative estimate of drug-likeness (QED) is 0.756. The summed E-state index contributed by atoms with van der Waals surface area (Å²) in [5.74, 6) is 1.52. The van der Waals surface area contributed by atoms with Crippen LogP contribution >= 0.6 is 0 Å². The first-order chi connectivity index (χ1) is 6.75. The first kappa shape index (κ1) is 9.68. The van der Waals surface area contributed by atoms with Crippen LogP contribution in [0.4, 0.5) is 0 Å². The molecule has 2 rings (SSSR count). The number of hydrogen-bond donors (Lipinski definition) is 2. The smallest absolute Gasteiger partial charge is 0.208 e. The maximum Gasteiger partial charge on any atom is 0.208 e. The average Bonchev–Trinajstić information content (AvgIpc) is 2.72. The van der Waals surface area contributed by atoms with E-state index in [1.165, 1.54) is 0 Å². The van der Waals surface area contributed by atoms with Crippen LogP contribution in [0, 0.1) is 6.92 Å². The molecule has 1 saturated carbocycles. The van der Waals surface area contributed by atoms with Crippen molar-refractivity contribution in [2.45, 2.75) is 44.9 Å². The topological polar surface area (TPSA) is 58.3 Å². The first-order valence-electron chi connectivity index (χ1n) is 5.08. The molecule has 0 unspecified atom stereocenters. The molecule has 1 fully saturated rings. The monoisotopic (exact) mass is 196 g/mol. The highest BCUT2D eigenvalue weighted by atomic mass is 16.4. The summed E-state index contributed by atoms with van der Waals surface area (Å²) in [6, 6.07) is 0.210. The van der Waals surface area contributed by atoms with Gasteiger partial charge in [-0.15, -0.1) is 0 Å². The summed E-state index contributed by atoms with van der Waals surface area (Å²) in [5, 5.41) is 12.8. The third-order valence-corrected chi connectivity index (χ3v) is 2.66. The largest absolute Gasteiger partial charge is 0.445 e. The number of aliphatic hydroxyl groups is 1. The number of nitrogens with zero attached hydrogens (tertiary/aromatic N) is 1. The van der Waals surface area contributed by atoms with Crippen LogP contribution in [-0.4, -0.2) is 22.2 Å². The van der Waals surface area contributed by atoms with Gasteiger partial charge < -0.3 is 14.8 Å². The van der Waals surface area contributed by atoms with Gasteiger partial charge in [-0.1, -0.05) is 0 Å². The molecule has 0 saturated heterocycles. The van der Waals surface area contributed by atoms with Gasteiger partial charge in [0.1, 0.15) is 5.76 Å². The van der Waals surface area contributed by atoms with Crippen LogP contribution in [0.15, 0.2) is 10.6 Å². The minimum atomic E-state index is -0.203. The second kappa shape index (κ2) is 4.11. The van der Waals surface area contributed by atoms with Crippen molar-refractivity contribution in [2.75, 3.05) is 0 Å². The van der Waals surface area contributed by atoms with Crippen molar-refractivity contribution >= 4 is 0 Å². The van der Waals surface area contributed by atoms with Gasteiger partial charge in [-0.2, -0.15) is 0 Å². The van der Waals surface area contributed by atoms with E-state index in [1.54, 1.807) is 6.20 Å². The summed E-state index contributed by atoms with van der Waals surface area (Å²) >= 11 is 0. The van der Waals surface area contributed by atoms with Gasteiger partial charge in [-0.05, 0) is 26.2 Å². The van der Waals surface area contributed by atoms with Crippen molar-refractivity contribution in [1.82, 2.24) is 10.3 Å². The van der Waals surface area contributed by atoms with Crippen LogP contribution in [0.1, 0.15) is 30.9 Å². The minimum Gasteiger partial charge on any atom is -0.445 e. The fourth-order valence-corrected chi connectivity index (χ4v) is 1.88. The van der Waals surface area contributed by atoms with E-state index in [9.17, 15) is 5.11 Å². The number of nitrogens with one attached hydrogen (secondary N) is 1. The zero-order chi connectivity index (χ0) is 9.97. The van der Waals surface area contributed by atoms with E-state index in [0.29, 0.717) is 12.4 Å². The summed E-state index contributed by atoms with van der Waals surface area (Å²) in [7, 11) is 0. The van der Waals surface area contributed by atoms with E-state index in [1.807, 2.05) is 6.92 Å². The summed E-state index contributed by atoms with van der Waals surface area (Å²) in [6.45, 7) is 2.48. The molecule has 0 aliphatic heterocycles. The molecule has 1 aromatic heterocycles. The lowest BCUT2D eigenvalue weighted by molar-refractivity contribution is 0.147. The van der Waals surface area contributed by atoms with Gasteiger partial charge in [-0.25, -0.2) is 4.98 Å². The normalized spacial score (nSPS) is 27.0. The van der Waals surface area contributed by atoms with Gasteiger partial charge in [0.15, 0.2) is 0 Å². The molecule has 1 aliphatic rings. The van der Waals surface area contributed by atoms with Crippen LogP contribution in [0.3, 0.4) is 0 Å². The van der Waals surface area contributed by atoms with Crippen LogP contribution in [-0.2, 0) is 6.54 Å². The van der Waals surface area contributed by atoms with Crippen LogP contribution in [0.25, 0.3) is 0 Å². The van der Waals surface area contributed by atoms with Crippen molar-refractivity contribution in [3.63, 3.8) is 0 Å². The second-order valence-electron chi connectivity index (χ2n) is 3.85. The lowest BCUT2D eigenvalue weighted by Gasteiger charge is -2.14. The van der Waals surface area contributed by atoms with E-state index in [4.69, 9.17) is 4.42 Å². The Kier molecular flexibility index (Phi) is 2.84. The van der Waals surface area contributed by atoms with E-state index in [-0.39, 0.29) is 12.1 Å². The molecular formula is C10H16N2O2. The molecular weight excluding hydrogens is 180 g/mol. The zero-order valence-corrected chi connectivity index (χ0v) is 8.36. The van der Waals surface area contributed by atoms with Gasteiger partial charge in [-0.3, -0.25) is 0 Å². The standard InChI is InChI=1S/C10H16N2O2/c1-7-5-12-10(14-7)6-11-8-3-2-4-9(8)13/h5,8-9,11,13H,2-4,6H2,1H3/t8-,9-/m1/s1. The van der Waals surface area contributed by atoms with Crippen molar-refractivity contribution < 1.29 is 9.52 Å². The summed E-state index contributed by atoms with van der Waals surface area (Å²) in [4.78, 5) is 4.09. The highest BCUT2D eigenvalue weighted by molar-refractivity contribution is 4.91. The fraction of sp³-hybridized carbons (Fsp3) is 0.700. The molecule has 4 nitrogen and oxygen atoms in total. The second-order valence-corrected chi connectivity index (χ2v) is 3.85. The fourth-order valence-electron chi connectivity index (χ4n) is 1.88. The number of hydrogen-bond acceptors (Lipinski definition) is 4. The molecule has 0 amide bonds. The predicted molar refractivity (Wildman–Crippen MR) is 51.7 cm³/mol. The van der Waals surface area contributed by atoms with Crippen LogP contribution in [0.2, 0.25) is 0 Å². The Morgan fingerprint density at radius 2 is 2.50 bits per heavy atom. The third-order valence-electron chi connectivity index (χ3n) is 2.66. The van der Waals surface area contributed by atoms with Gasteiger partial charge in [0.25, 0.3) is 0 Å². The molecule has 0 spiro atoms. The summed E-state index contributed by atoms with van der Waals surface area (Å²) < 4.78 is 5.32. The number of aliphatic hydroxyl groups excluding tert-OH is 1. The molecule has 2 N–H and O–H groups in total. The highest BCUT2D eigenvalue weighted by Gasteiger charge is 2.24. The molecule has 0 aromatic carbocycles. The first-order valence-corrected chi connectivity index (χ1v) is 5.08. The number of oxazole rings is 1. The molecule has 1 aliphatic carbocycles. The third kappa shape index (κ3) is 2.13. The Morgan fingerprint density at radius 1 is 1.64 bits per heavy atom. The maximum atomic E-state index is 9.56. The van der Waals surface area contributed by atoms with Crippen molar-refractivity contribution in [3.05, 3.63) is 17.8 Å². The van der Waals surface area contributed by atoms with Gasteiger partial charge in [0.05, 0.1) is 18.8 Å². The SMILES string of the molecule is Cc1cnc(CN[C@@H]2CCC[C@H]2O)o1. The zero-order valence-electron chi connectivity index (χ0n) is 8.36. The van der Waals surface area contributed by atoms with Crippen LogP contribution < -0.4 is 5.32 Å². The van der Waals surface area contributed by atoms with Crippen molar-refractivity contribution in [3.8, 4) is 0 Å². The number of rotatable bonds is 3. The van der Waals surface area contributed by atoms with Gasteiger partial charge >= 0.3 is 0 Å². The van der Waals surface area contributed by atoms with Gasteiger partial charge in [0.2, 0.25) is 5.89 Å². The molecule has 2 atom stereocenters. The molecule has 0 radical (unpaired) electrons. The number of aryl methyl sites for hydroxylation is 1. The average molecular weight is 196 g/mol. The van der Waals surface area contributed by atoms with Crippen LogP contribution in [0.5, 0.6) is 0 Å². The Balaban J connectivity index is 1.82. The minimum absolute atomic E-state index is 0.203. The Bertz CT molecular complexity index is 298. The molecule has 14 heavy (non-hydrogen) atoms. The van der Waals surface area contributed by atoms with Crippen molar-refractivity contribution in [1.29, 1.82) is 0 Å². The van der Waals surface area contributed by atoms with Crippen molar-refractivity contribution in [2.24, 2.45) is 0 Å². The van der Waals surface area contributed by atoms with Gasteiger partial charge in [0, 0.05) is 6.04 Å². The van der Waals surface area contributed by atoms with E-state index in [2.05, 4.69) is 10.3 Å². The lowest BCUT2D eigenvalue weighted by Crippen LogP contribution is -2.35. The summed E-state index contributed by atoms with van der Waals surface area (Å²) in [6.07, 6.45) is 4.56. The maximum absolute atomic E-state index is 9.56.